The van der Waals surface area contributed by atoms with Crippen molar-refractivity contribution in [2.45, 2.75) is 198 Å². The summed E-state index contributed by atoms with van der Waals surface area (Å²) in [4.78, 5) is 134. The van der Waals surface area contributed by atoms with Gasteiger partial charge in [-0.05, 0) is 112 Å². The van der Waals surface area contributed by atoms with Crippen LogP contribution in [0.25, 0.3) is 0 Å². The van der Waals surface area contributed by atoms with E-state index < -0.39 is 106 Å². The molecule has 25 heteroatoms. The lowest BCUT2D eigenvalue weighted by Gasteiger charge is -2.36. The number of rotatable bonds is 16. The number of para-hydroxylation sites is 2. The Morgan fingerprint density at radius 2 is 1.10 bits per heavy atom. The fraction of sp³-hybridized carbons (Fsp3) is 0.594. The topological polar surface area (TPSA) is 338 Å². The van der Waals surface area contributed by atoms with Gasteiger partial charge in [0.15, 0.2) is 0 Å². The molecule has 4 aliphatic heterocycles. The molecule has 4 heterocycles. The number of likely N-dealkylation sites (tertiary alicyclic amines) is 2. The van der Waals surface area contributed by atoms with Crippen molar-refractivity contribution in [3.8, 4) is 0 Å². The Kier molecular flexibility index (Phi) is 20.4. The molecule has 10 rings (SSSR count). The van der Waals surface area contributed by atoms with Crippen LogP contribution in [-0.2, 0) is 56.1 Å². The van der Waals surface area contributed by atoms with Crippen LogP contribution in [0.4, 0.5) is 30.6 Å². The summed E-state index contributed by atoms with van der Waals surface area (Å²) >= 11 is 0. The number of hydrogen-bond acceptors (Lipinski definition) is 14. The molecule has 8 aliphatic rings. The minimum absolute atomic E-state index is 0.0311. The number of carboxylic acids is 2. The molecule has 4 aliphatic carbocycles. The van der Waals surface area contributed by atoms with Crippen molar-refractivity contribution in [2.75, 3.05) is 30.3 Å². The highest BCUT2D eigenvalue weighted by molar-refractivity contribution is 5.98. The van der Waals surface area contributed by atoms with E-state index in [2.05, 4.69) is 39.7 Å². The molecular formula is C64H88N10O15. The Morgan fingerprint density at radius 1 is 0.674 bits per heavy atom. The van der Waals surface area contributed by atoms with Crippen molar-refractivity contribution in [1.29, 1.82) is 0 Å². The molecule has 2 aromatic carbocycles. The van der Waals surface area contributed by atoms with E-state index in [1.54, 1.807) is 43.6 Å². The summed E-state index contributed by atoms with van der Waals surface area (Å²) in [6, 6.07) is 8.99. The predicted molar refractivity (Wildman–Crippen MR) is 326 cm³/mol. The normalized spacial score (nSPS) is 26.8. The van der Waals surface area contributed by atoms with E-state index in [0.717, 1.165) is 68.2 Å². The largest absolute Gasteiger partial charge is 0.480 e. The van der Waals surface area contributed by atoms with Gasteiger partial charge in [-0.15, -0.1) is 13.2 Å². The van der Waals surface area contributed by atoms with E-state index >= 15 is 0 Å². The number of carbonyl (C=O) groups is 10. The number of nitrogens with one attached hydrogen (secondary N) is 5. The van der Waals surface area contributed by atoms with Gasteiger partial charge in [0.2, 0.25) is 17.7 Å². The summed E-state index contributed by atoms with van der Waals surface area (Å²) in [6.07, 6.45) is 9.69. The number of anilines is 2. The number of carbonyl (C=O) groups excluding carboxylic acids is 8. The van der Waals surface area contributed by atoms with Crippen LogP contribution in [0.15, 0.2) is 73.8 Å². The molecule has 25 nitrogen and oxygen atoms in total. The number of urea groups is 2. The minimum Gasteiger partial charge on any atom is -0.480 e. The number of nitrogens with two attached hydrogens (primary N) is 1. The van der Waals surface area contributed by atoms with Gasteiger partial charge in [0.1, 0.15) is 47.5 Å². The van der Waals surface area contributed by atoms with E-state index in [9.17, 15) is 58.2 Å². The zero-order valence-electron chi connectivity index (χ0n) is 52.0. The van der Waals surface area contributed by atoms with Crippen LogP contribution >= 0.6 is 0 Å². The number of fused-ring (bicyclic) bond motifs is 2. The minimum atomic E-state index is -1.49. The molecule has 9 amide bonds. The van der Waals surface area contributed by atoms with Crippen molar-refractivity contribution in [3.05, 3.63) is 85.0 Å². The molecule has 4 saturated carbocycles. The monoisotopic (exact) mass is 1240 g/mol. The summed E-state index contributed by atoms with van der Waals surface area (Å²) < 4.78 is 15.9. The lowest BCUT2D eigenvalue weighted by Crippen LogP contribution is -2.59. The molecule has 2 saturated heterocycles. The van der Waals surface area contributed by atoms with E-state index in [-0.39, 0.29) is 75.1 Å². The number of esters is 1. The molecule has 0 radical (unpaired) electrons. The van der Waals surface area contributed by atoms with Crippen LogP contribution in [0.1, 0.15) is 137 Å². The summed E-state index contributed by atoms with van der Waals surface area (Å²) in [5, 5.41) is 33.7. The summed E-state index contributed by atoms with van der Waals surface area (Å²) in [6.45, 7) is 21.0. The lowest BCUT2D eigenvalue weighted by atomic mass is 9.85. The molecule has 89 heavy (non-hydrogen) atoms. The van der Waals surface area contributed by atoms with Crippen LogP contribution in [0.3, 0.4) is 0 Å². The number of carboxylic acid groups (broad SMARTS) is 2. The summed E-state index contributed by atoms with van der Waals surface area (Å²) in [5.74, 6) is -4.55. The third kappa shape index (κ3) is 15.3. The molecule has 10 atom stereocenters. The first-order valence-electron chi connectivity index (χ1n) is 30.9. The van der Waals surface area contributed by atoms with E-state index in [1.165, 1.54) is 15.9 Å². The second kappa shape index (κ2) is 27.3. The Morgan fingerprint density at radius 3 is 1.48 bits per heavy atom. The standard InChI is InChI=1S/C31H41N5O7.C25H34N4O6.C8H13NO2/c1-5-19-15-31(19,27(39)40)34-25(37)23-14-20(35-16-18-10-6-9-13-22(18)32-28(35)41)17-36(23)26(38)24(30(2,3)4)33-29(42)43-21-11-7-8-12-21;1-25(2,3)20(27-24(34)35-17-9-5-6-10-17)21(30)29-14-16(12-19(29)22(31)32)28-13-15-8-4-7-11-18(15)26-23(28)33;1-3-6-5-8(6,9)7(10)11-4-2/h5-6,9-10,13,19-21,23-24H,1,7-8,11-12,14-17H2,2-4H3,(H,32,41)(H,33,42)(H,34,37)(H,39,40);4,7-8,11,16-17,19-20H,5-6,9-10,12-14H2,1-3H3,(H,26,33)(H,27,34)(H,31,32);3,6H,1,4-5,9H2,2H3/t19?,20-,23+,24-,31-;16-,19+,20-;6?,8-/m111/s1. The summed E-state index contributed by atoms with van der Waals surface area (Å²) in [7, 11) is 0. The van der Waals surface area contributed by atoms with Crippen LogP contribution in [0.2, 0.25) is 0 Å². The predicted octanol–water partition coefficient (Wildman–Crippen LogP) is 6.86. The van der Waals surface area contributed by atoms with Gasteiger partial charge in [-0.1, -0.05) is 90.1 Å². The van der Waals surface area contributed by atoms with Gasteiger partial charge in [-0.3, -0.25) is 19.2 Å². The smallest absolute Gasteiger partial charge is 0.408 e. The molecule has 0 spiro atoms. The molecule has 2 aromatic rings. The summed E-state index contributed by atoms with van der Waals surface area (Å²) in [5.41, 5.74) is 5.26. The van der Waals surface area contributed by atoms with E-state index in [1.807, 2.05) is 69.3 Å². The number of benzene rings is 2. The quantitative estimate of drug-likeness (QED) is 0.0483. The average molecular weight is 1240 g/mol. The third-order valence-electron chi connectivity index (χ3n) is 18.2. The lowest BCUT2D eigenvalue weighted by molar-refractivity contribution is -0.150. The van der Waals surface area contributed by atoms with Gasteiger partial charge < -0.3 is 76.3 Å². The highest BCUT2D eigenvalue weighted by Crippen LogP contribution is 2.46. The fourth-order valence-electron chi connectivity index (χ4n) is 12.7. The van der Waals surface area contributed by atoms with Crippen molar-refractivity contribution in [3.63, 3.8) is 0 Å². The van der Waals surface area contributed by atoms with Crippen molar-refractivity contribution >= 4 is 71.3 Å². The molecule has 6 fully saturated rings. The molecule has 0 bridgehead atoms. The molecule has 9 N–H and O–H groups in total. The van der Waals surface area contributed by atoms with E-state index in [0.29, 0.717) is 25.3 Å². The maximum atomic E-state index is 14.2. The first-order valence-corrected chi connectivity index (χ1v) is 30.9. The SMILES string of the molecule is C=CC1C[C@]1(N)C(=O)OCC.C=CC1C[C@]1(NC(=O)[C@@H]1C[C@@H](N2Cc3ccccc3NC2=O)CN1C(=O)[C@@H](NC(=O)OC1CCCC1)C(C)(C)C)C(=O)O.CC(C)(C)[C@H](NC(=O)OC1CCCC1)C(=O)N1C[C@H](N2Cc3ccccc3NC2=O)C[C@H]1C(=O)O. The number of aliphatic carboxylic acids is 2. The Bertz CT molecular complexity index is 3060. The van der Waals surface area contributed by atoms with Crippen LogP contribution in [0.5, 0.6) is 0 Å². The van der Waals surface area contributed by atoms with Crippen LogP contribution < -0.4 is 32.3 Å². The Labute approximate surface area is 519 Å². The number of nitrogens with zero attached hydrogens (tertiary/aromatic N) is 4. The van der Waals surface area contributed by atoms with Gasteiger partial charge >= 0.3 is 42.2 Å². The van der Waals surface area contributed by atoms with Crippen molar-refractivity contribution in [1.82, 2.24) is 35.6 Å². The van der Waals surface area contributed by atoms with Crippen molar-refractivity contribution in [2.24, 2.45) is 28.4 Å². The Balaban J connectivity index is 0.000000199. The number of alkyl carbamates (subject to hydrolysis) is 2. The molecule has 0 aromatic heterocycles. The van der Waals surface area contributed by atoms with E-state index in [4.69, 9.17) is 19.9 Å². The zero-order chi connectivity index (χ0) is 64.9. The second-order valence-electron chi connectivity index (χ2n) is 26.7. The second-order valence-corrected chi connectivity index (χ2v) is 26.7. The third-order valence-corrected chi connectivity index (χ3v) is 18.2. The highest BCUT2D eigenvalue weighted by Gasteiger charge is 2.62. The highest BCUT2D eigenvalue weighted by atomic mass is 16.6. The number of hydrogen-bond donors (Lipinski definition) is 8. The first kappa shape index (κ1) is 66.7. The van der Waals surface area contributed by atoms with Gasteiger partial charge in [0, 0.05) is 55.8 Å². The van der Waals surface area contributed by atoms with Gasteiger partial charge in [-0.2, -0.15) is 0 Å². The molecular weight excluding hydrogens is 1150 g/mol. The fourth-order valence-corrected chi connectivity index (χ4v) is 12.7. The maximum Gasteiger partial charge on any atom is 0.408 e. The number of ether oxygens (including phenoxy) is 3. The number of amides is 9. The van der Waals surface area contributed by atoms with Crippen LogP contribution in [0, 0.1) is 22.7 Å². The van der Waals surface area contributed by atoms with Crippen molar-refractivity contribution < 1.29 is 72.4 Å². The van der Waals surface area contributed by atoms with Gasteiger partial charge in [0.05, 0.1) is 18.7 Å². The van der Waals surface area contributed by atoms with Gasteiger partial charge in [-0.25, -0.2) is 28.8 Å². The Hall–Kier alpha value is -8.22. The molecule has 2 unspecified atom stereocenters. The first-order chi connectivity index (χ1) is 42.0. The average Bonchev–Trinajstić information content (AvgIpc) is 1.66. The zero-order valence-corrected chi connectivity index (χ0v) is 52.0. The van der Waals surface area contributed by atoms with Crippen LogP contribution in [-0.4, -0.2) is 169 Å². The maximum absolute atomic E-state index is 14.2. The van der Waals surface area contributed by atoms with Gasteiger partial charge in [0.25, 0.3) is 0 Å². The molecule has 484 valence electrons.